The van der Waals surface area contributed by atoms with Gasteiger partial charge in [-0.1, -0.05) is 35.1 Å². The van der Waals surface area contributed by atoms with Crippen LogP contribution in [0.3, 0.4) is 0 Å². The summed E-state index contributed by atoms with van der Waals surface area (Å²) in [5, 5.41) is 0.547. The summed E-state index contributed by atoms with van der Waals surface area (Å²) in [6, 6.07) is 9.84. The molecule has 2 aromatic carbocycles. The number of hydrogen-bond donors (Lipinski definition) is 0. The van der Waals surface area contributed by atoms with E-state index in [1.807, 2.05) is 0 Å². The number of fused-ring (bicyclic) bond motifs is 1. The normalized spacial score (nSPS) is 15.4. The monoisotopic (exact) mass is 542 g/mol. The van der Waals surface area contributed by atoms with Gasteiger partial charge in [0, 0.05) is 5.02 Å². The third kappa shape index (κ3) is 5.14. The quantitative estimate of drug-likeness (QED) is 0.421. The van der Waals surface area contributed by atoms with Crippen LogP contribution in [-0.2, 0) is 9.53 Å². The number of carbonyl (C=O) groups excluding carboxylic acids is 1. The molecule has 4 rings (SSSR count). The summed E-state index contributed by atoms with van der Waals surface area (Å²) in [6.45, 7) is 5.30. The van der Waals surface area contributed by atoms with Crippen molar-refractivity contribution in [3.8, 4) is 17.2 Å². The maximum atomic E-state index is 13.8. The molecule has 1 aliphatic heterocycles. The van der Waals surface area contributed by atoms with E-state index in [-0.39, 0.29) is 11.7 Å². The van der Waals surface area contributed by atoms with E-state index in [1.165, 1.54) is 37.2 Å². The average Bonchev–Trinajstić information content (AvgIpc) is 3.16. The largest absolute Gasteiger partial charge is 0.493 e. The molecule has 8 nitrogen and oxygen atoms in total. The lowest BCUT2D eigenvalue weighted by molar-refractivity contribution is -0.143. The highest BCUT2D eigenvalue weighted by Gasteiger charge is 2.33. The molecule has 1 aromatic heterocycles. The van der Waals surface area contributed by atoms with Crippen molar-refractivity contribution in [3.63, 3.8) is 0 Å². The average molecular weight is 543 g/mol. The fourth-order valence-corrected chi connectivity index (χ4v) is 5.33. The van der Waals surface area contributed by atoms with Crippen LogP contribution in [0, 0.1) is 0 Å². The second-order valence-corrected chi connectivity index (χ2v) is 9.99. The van der Waals surface area contributed by atoms with E-state index >= 15 is 0 Å². The van der Waals surface area contributed by atoms with Gasteiger partial charge in [-0.15, -0.1) is 0 Å². The second-order valence-electron chi connectivity index (χ2n) is 8.55. The van der Waals surface area contributed by atoms with Crippen LogP contribution < -0.4 is 29.1 Å². The van der Waals surface area contributed by atoms with E-state index in [9.17, 15) is 9.59 Å². The Bertz CT molecular complexity index is 1530. The number of methoxy groups -OCH3 is 3. The van der Waals surface area contributed by atoms with Crippen molar-refractivity contribution in [3.05, 3.63) is 83.5 Å². The minimum absolute atomic E-state index is 0.292. The second kappa shape index (κ2) is 10.8. The van der Waals surface area contributed by atoms with Gasteiger partial charge in [0.15, 0.2) is 16.3 Å². The Kier molecular flexibility index (Phi) is 7.75. The van der Waals surface area contributed by atoms with E-state index in [1.54, 1.807) is 63.2 Å². The van der Waals surface area contributed by atoms with Crippen LogP contribution in [0.5, 0.6) is 17.2 Å². The number of nitrogens with zero attached hydrogens (tertiary/aromatic N) is 2. The summed E-state index contributed by atoms with van der Waals surface area (Å²) in [5.41, 5.74) is 1.90. The van der Waals surface area contributed by atoms with Gasteiger partial charge in [0.25, 0.3) is 5.56 Å². The molecular weight excluding hydrogens is 516 g/mol. The molecule has 3 aromatic rings. The molecule has 1 unspecified atom stereocenters. The van der Waals surface area contributed by atoms with Crippen LogP contribution in [0.1, 0.15) is 37.9 Å². The smallest absolute Gasteiger partial charge is 0.338 e. The summed E-state index contributed by atoms with van der Waals surface area (Å²) in [4.78, 5) is 32.0. The Balaban J connectivity index is 1.94. The number of halogens is 1. The number of rotatable bonds is 7. The first-order valence-electron chi connectivity index (χ1n) is 11.5. The molecule has 1 aliphatic rings. The highest BCUT2D eigenvalue weighted by molar-refractivity contribution is 7.07. The topological polar surface area (TPSA) is 88.4 Å². The van der Waals surface area contributed by atoms with Crippen molar-refractivity contribution in [2.45, 2.75) is 32.9 Å². The van der Waals surface area contributed by atoms with E-state index in [0.29, 0.717) is 48.4 Å². The van der Waals surface area contributed by atoms with Crippen LogP contribution in [0.4, 0.5) is 0 Å². The highest BCUT2D eigenvalue weighted by Crippen LogP contribution is 2.38. The lowest BCUT2D eigenvalue weighted by Gasteiger charge is -2.25. The summed E-state index contributed by atoms with van der Waals surface area (Å²) in [7, 11) is 4.59. The van der Waals surface area contributed by atoms with E-state index in [0.717, 1.165) is 5.56 Å². The van der Waals surface area contributed by atoms with E-state index in [2.05, 4.69) is 4.99 Å². The Labute approximate surface area is 223 Å². The van der Waals surface area contributed by atoms with Gasteiger partial charge in [-0.25, -0.2) is 9.79 Å². The van der Waals surface area contributed by atoms with Crippen LogP contribution >= 0.6 is 22.9 Å². The van der Waals surface area contributed by atoms with Gasteiger partial charge < -0.3 is 18.9 Å². The SMILES string of the molecule is COc1cc(C=c2sc3n(c2=O)C(c2ccc(Cl)cc2)C(C(=O)OC(C)C)=C(C)N=3)cc(OC)c1OC. The number of thiazole rings is 1. The van der Waals surface area contributed by atoms with Crippen molar-refractivity contribution in [1.82, 2.24) is 4.57 Å². The van der Waals surface area contributed by atoms with Gasteiger partial charge >= 0.3 is 5.97 Å². The zero-order valence-corrected chi connectivity index (χ0v) is 22.9. The third-order valence-corrected chi connectivity index (χ3v) is 6.99. The molecule has 0 saturated carbocycles. The fraction of sp³-hybridized carbons (Fsp3) is 0.296. The predicted molar refractivity (Wildman–Crippen MR) is 143 cm³/mol. The standard InChI is InChI=1S/C27H27ClN2O6S/c1-14(2)36-26(32)22-15(3)29-27-30(23(22)17-7-9-18(28)10-8-17)25(31)21(37-27)13-16-11-19(33-4)24(35-6)20(12-16)34-5/h7-14,23H,1-6H3. The van der Waals surface area contributed by atoms with Crippen molar-refractivity contribution >= 4 is 35.0 Å². The van der Waals surface area contributed by atoms with Crippen molar-refractivity contribution in [2.24, 2.45) is 4.99 Å². The first-order chi connectivity index (χ1) is 17.7. The highest BCUT2D eigenvalue weighted by atomic mass is 35.5. The van der Waals surface area contributed by atoms with Crippen LogP contribution in [-0.4, -0.2) is 38.0 Å². The first kappa shape index (κ1) is 26.5. The number of esters is 1. The molecule has 0 bridgehead atoms. The van der Waals surface area contributed by atoms with Crippen LogP contribution in [0.25, 0.3) is 6.08 Å². The zero-order chi connectivity index (χ0) is 26.9. The Morgan fingerprint density at radius 2 is 1.70 bits per heavy atom. The molecular formula is C27H27ClN2O6S. The molecule has 0 saturated heterocycles. The lowest BCUT2D eigenvalue weighted by atomic mass is 9.96. The van der Waals surface area contributed by atoms with Gasteiger partial charge in [-0.2, -0.15) is 0 Å². The molecule has 0 N–H and O–H groups in total. The number of hydrogen-bond acceptors (Lipinski definition) is 8. The van der Waals surface area contributed by atoms with Gasteiger partial charge in [-0.3, -0.25) is 9.36 Å². The van der Waals surface area contributed by atoms with Crippen molar-refractivity contribution < 1.29 is 23.7 Å². The van der Waals surface area contributed by atoms with E-state index in [4.69, 9.17) is 30.5 Å². The predicted octanol–water partition coefficient (Wildman–Crippen LogP) is 3.87. The van der Waals surface area contributed by atoms with Gasteiger partial charge in [-0.05, 0) is 62.2 Å². The van der Waals surface area contributed by atoms with Crippen LogP contribution in [0.2, 0.25) is 5.02 Å². The summed E-state index contributed by atoms with van der Waals surface area (Å²) < 4.78 is 23.8. The third-order valence-electron chi connectivity index (χ3n) is 5.75. The van der Waals surface area contributed by atoms with E-state index < -0.39 is 12.0 Å². The molecule has 0 spiro atoms. The summed E-state index contributed by atoms with van der Waals surface area (Å²) in [6.07, 6.45) is 1.40. The Hall–Kier alpha value is -3.56. The minimum atomic E-state index is -0.721. The molecule has 2 heterocycles. The number of allylic oxidation sites excluding steroid dienone is 1. The molecule has 0 amide bonds. The fourth-order valence-electron chi connectivity index (χ4n) is 4.16. The molecule has 194 valence electrons. The Morgan fingerprint density at radius 1 is 1.08 bits per heavy atom. The molecule has 0 fully saturated rings. The number of aromatic nitrogens is 1. The maximum absolute atomic E-state index is 13.8. The molecule has 37 heavy (non-hydrogen) atoms. The number of ether oxygens (including phenoxy) is 4. The zero-order valence-electron chi connectivity index (χ0n) is 21.3. The molecule has 1 atom stereocenters. The maximum Gasteiger partial charge on any atom is 0.338 e. The Morgan fingerprint density at radius 3 is 2.24 bits per heavy atom. The number of carbonyl (C=O) groups is 1. The summed E-state index contributed by atoms with van der Waals surface area (Å²) >= 11 is 7.35. The molecule has 0 aliphatic carbocycles. The van der Waals surface area contributed by atoms with Crippen molar-refractivity contribution in [2.75, 3.05) is 21.3 Å². The first-order valence-corrected chi connectivity index (χ1v) is 12.7. The minimum Gasteiger partial charge on any atom is -0.493 e. The van der Waals surface area contributed by atoms with Crippen molar-refractivity contribution in [1.29, 1.82) is 0 Å². The van der Waals surface area contributed by atoms with Gasteiger partial charge in [0.05, 0.1) is 49.3 Å². The van der Waals surface area contributed by atoms with Crippen LogP contribution in [0.15, 0.2) is 57.5 Å². The molecule has 0 radical (unpaired) electrons. The summed E-state index contributed by atoms with van der Waals surface area (Å²) in [5.74, 6) is 0.870. The lowest BCUT2D eigenvalue weighted by Crippen LogP contribution is -2.40. The van der Waals surface area contributed by atoms with Gasteiger partial charge in [0.2, 0.25) is 5.75 Å². The molecule has 10 heteroatoms. The van der Waals surface area contributed by atoms with Gasteiger partial charge in [0.1, 0.15) is 0 Å². The number of benzene rings is 2.